The quantitative estimate of drug-likeness (QED) is 0.884. The van der Waals surface area contributed by atoms with E-state index in [9.17, 15) is 13.2 Å². The van der Waals surface area contributed by atoms with Crippen LogP contribution in [0.25, 0.3) is 10.2 Å². The third kappa shape index (κ3) is 3.43. The summed E-state index contributed by atoms with van der Waals surface area (Å²) in [5.41, 5.74) is 1.55. The van der Waals surface area contributed by atoms with E-state index in [1.54, 1.807) is 12.1 Å². The summed E-state index contributed by atoms with van der Waals surface area (Å²) in [6.45, 7) is 3.66. The molecule has 0 aliphatic rings. The van der Waals surface area contributed by atoms with Crippen molar-refractivity contribution in [3.05, 3.63) is 29.8 Å². The summed E-state index contributed by atoms with van der Waals surface area (Å²) in [4.78, 5) is 16.1. The fourth-order valence-electron chi connectivity index (χ4n) is 1.59. The van der Waals surface area contributed by atoms with Crippen LogP contribution < -0.4 is 5.32 Å². The molecular weight excluding hydrogens is 296 g/mol. The Morgan fingerprint density at radius 2 is 2.05 bits per heavy atom. The van der Waals surface area contributed by atoms with Crippen molar-refractivity contribution >= 4 is 42.4 Å². The van der Waals surface area contributed by atoms with Gasteiger partial charge in [0.15, 0.2) is 15.0 Å². The van der Waals surface area contributed by atoms with Crippen LogP contribution in [0, 0.1) is 0 Å². The summed E-state index contributed by atoms with van der Waals surface area (Å²) in [6.07, 6.45) is 2.64. The van der Waals surface area contributed by atoms with E-state index in [4.69, 9.17) is 0 Å². The molecule has 0 bridgehead atoms. The maximum atomic E-state index is 11.6. The van der Waals surface area contributed by atoms with E-state index in [0.717, 1.165) is 16.5 Å². The van der Waals surface area contributed by atoms with Gasteiger partial charge in [-0.05, 0) is 32.0 Å². The Hall–Kier alpha value is -1.73. The van der Waals surface area contributed by atoms with Gasteiger partial charge >= 0.3 is 0 Å². The molecule has 5 nitrogen and oxygen atoms in total. The normalized spacial score (nSPS) is 11.3. The number of sulfone groups is 1. The summed E-state index contributed by atoms with van der Waals surface area (Å²) in [5, 5.41) is 3.12. The minimum absolute atomic E-state index is 0.243. The number of rotatable bonds is 3. The first-order valence-corrected chi connectivity index (χ1v) is 8.53. The Bertz CT molecular complexity index is 800. The fourth-order valence-corrected chi connectivity index (χ4v) is 3.22. The van der Waals surface area contributed by atoms with Crippen LogP contribution in [0.15, 0.2) is 34.7 Å². The van der Waals surface area contributed by atoms with E-state index in [2.05, 4.69) is 10.3 Å². The Morgan fingerprint density at radius 3 is 2.65 bits per heavy atom. The molecule has 1 aromatic heterocycles. The lowest BCUT2D eigenvalue weighted by molar-refractivity contribution is -0.111. The van der Waals surface area contributed by atoms with E-state index in [-0.39, 0.29) is 10.8 Å². The number of thiazole rings is 1. The fraction of sp³-hybridized carbons (Fsp3) is 0.231. The van der Waals surface area contributed by atoms with Crippen molar-refractivity contribution in [3.63, 3.8) is 0 Å². The van der Waals surface area contributed by atoms with Crippen molar-refractivity contribution in [1.29, 1.82) is 0 Å². The lowest BCUT2D eigenvalue weighted by Crippen LogP contribution is -2.07. The number of benzene rings is 1. The average molecular weight is 310 g/mol. The monoisotopic (exact) mass is 310 g/mol. The number of anilines is 1. The lowest BCUT2D eigenvalue weighted by Gasteiger charge is -1.96. The Morgan fingerprint density at radius 1 is 1.35 bits per heavy atom. The van der Waals surface area contributed by atoms with Crippen molar-refractivity contribution in [2.24, 2.45) is 0 Å². The summed E-state index contributed by atoms with van der Waals surface area (Å²) in [5.74, 6) is -0.243. The second-order valence-electron chi connectivity index (χ2n) is 4.63. The van der Waals surface area contributed by atoms with Gasteiger partial charge in [0.1, 0.15) is 0 Å². The van der Waals surface area contributed by atoms with Crippen molar-refractivity contribution in [1.82, 2.24) is 4.98 Å². The van der Waals surface area contributed by atoms with Gasteiger partial charge in [0.05, 0.1) is 15.1 Å². The standard InChI is InChI=1S/C13H14N2O3S2/c1-8(2)6-12(16)15-13-14-10-5-4-9(20(3,17)18)7-11(10)19-13/h4-7H,1-3H3,(H,14,15,16). The van der Waals surface area contributed by atoms with Crippen molar-refractivity contribution in [3.8, 4) is 0 Å². The number of carbonyl (C=O) groups excluding carboxylic acids is 1. The number of hydrogen-bond acceptors (Lipinski definition) is 5. The molecule has 2 aromatic rings. The highest BCUT2D eigenvalue weighted by molar-refractivity contribution is 7.90. The number of aromatic nitrogens is 1. The highest BCUT2D eigenvalue weighted by atomic mass is 32.2. The van der Waals surface area contributed by atoms with Crippen LogP contribution in [0.2, 0.25) is 0 Å². The number of fused-ring (bicyclic) bond motifs is 1. The highest BCUT2D eigenvalue weighted by Crippen LogP contribution is 2.28. The summed E-state index contributed by atoms with van der Waals surface area (Å²) in [6, 6.07) is 4.72. The molecule has 0 aliphatic carbocycles. The number of hydrogen-bond donors (Lipinski definition) is 1. The summed E-state index contributed by atoms with van der Waals surface area (Å²) in [7, 11) is -3.24. The zero-order chi connectivity index (χ0) is 14.9. The largest absolute Gasteiger partial charge is 0.298 e. The average Bonchev–Trinajstić information content (AvgIpc) is 2.66. The maximum absolute atomic E-state index is 11.6. The predicted octanol–water partition coefficient (Wildman–Crippen LogP) is 2.60. The Balaban J connectivity index is 2.35. The van der Waals surface area contributed by atoms with Gasteiger partial charge in [-0.2, -0.15) is 0 Å². The molecule has 2 rings (SSSR count). The molecule has 0 spiro atoms. The van der Waals surface area contributed by atoms with Crippen LogP contribution in [0.4, 0.5) is 5.13 Å². The lowest BCUT2D eigenvalue weighted by atomic mass is 10.3. The van der Waals surface area contributed by atoms with Crippen LogP contribution in [0.1, 0.15) is 13.8 Å². The molecule has 0 fully saturated rings. The van der Waals surface area contributed by atoms with E-state index < -0.39 is 9.84 Å². The third-order valence-corrected chi connectivity index (χ3v) is 4.48. The van der Waals surface area contributed by atoms with Crippen LogP contribution in [0.3, 0.4) is 0 Å². The van der Waals surface area contributed by atoms with Gasteiger partial charge in [0.25, 0.3) is 0 Å². The van der Waals surface area contributed by atoms with Crippen LogP contribution in [-0.2, 0) is 14.6 Å². The van der Waals surface area contributed by atoms with E-state index in [1.807, 2.05) is 13.8 Å². The summed E-state index contributed by atoms with van der Waals surface area (Å²) < 4.78 is 23.7. The maximum Gasteiger partial charge on any atom is 0.250 e. The molecule has 0 saturated carbocycles. The van der Waals surface area contributed by atoms with Gasteiger partial charge in [0, 0.05) is 12.3 Å². The minimum atomic E-state index is -3.24. The molecule has 0 atom stereocenters. The number of amides is 1. The molecule has 106 valence electrons. The SMILES string of the molecule is CC(C)=CC(=O)Nc1nc2ccc(S(C)(=O)=O)cc2s1. The van der Waals surface area contributed by atoms with Crippen molar-refractivity contribution < 1.29 is 13.2 Å². The molecule has 1 N–H and O–H groups in total. The zero-order valence-electron chi connectivity index (χ0n) is 11.3. The highest BCUT2D eigenvalue weighted by Gasteiger charge is 2.11. The van der Waals surface area contributed by atoms with E-state index >= 15 is 0 Å². The first-order valence-electron chi connectivity index (χ1n) is 5.82. The topological polar surface area (TPSA) is 76.1 Å². The molecule has 7 heteroatoms. The number of nitrogens with zero attached hydrogens (tertiary/aromatic N) is 1. The van der Waals surface area contributed by atoms with Gasteiger partial charge in [-0.15, -0.1) is 0 Å². The van der Waals surface area contributed by atoms with Crippen LogP contribution in [0.5, 0.6) is 0 Å². The zero-order valence-corrected chi connectivity index (χ0v) is 12.9. The van der Waals surface area contributed by atoms with E-state index in [1.165, 1.54) is 23.5 Å². The number of carbonyl (C=O) groups is 1. The molecular formula is C13H14N2O3S2. The minimum Gasteiger partial charge on any atom is -0.298 e. The van der Waals surface area contributed by atoms with Gasteiger partial charge in [-0.3, -0.25) is 10.1 Å². The number of nitrogens with one attached hydrogen (secondary N) is 1. The van der Waals surface area contributed by atoms with E-state index in [0.29, 0.717) is 10.6 Å². The molecule has 20 heavy (non-hydrogen) atoms. The number of allylic oxidation sites excluding steroid dienone is 1. The Kier molecular flexibility index (Phi) is 3.92. The molecule has 1 amide bonds. The van der Waals surface area contributed by atoms with Crippen LogP contribution in [-0.4, -0.2) is 25.6 Å². The first-order chi connectivity index (χ1) is 9.25. The molecule has 0 aliphatic heterocycles. The Labute approximate surface area is 121 Å². The molecule has 0 radical (unpaired) electrons. The van der Waals surface area contributed by atoms with Crippen molar-refractivity contribution in [2.75, 3.05) is 11.6 Å². The molecule has 0 unspecified atom stereocenters. The molecule has 1 heterocycles. The van der Waals surface area contributed by atoms with Gasteiger partial charge in [-0.25, -0.2) is 13.4 Å². The van der Waals surface area contributed by atoms with Crippen molar-refractivity contribution in [2.45, 2.75) is 18.7 Å². The smallest absolute Gasteiger partial charge is 0.250 e. The first kappa shape index (κ1) is 14.7. The third-order valence-electron chi connectivity index (χ3n) is 2.44. The second-order valence-corrected chi connectivity index (χ2v) is 7.68. The van der Waals surface area contributed by atoms with Gasteiger partial charge in [0.2, 0.25) is 5.91 Å². The molecule has 1 aromatic carbocycles. The van der Waals surface area contributed by atoms with Crippen LogP contribution >= 0.6 is 11.3 Å². The predicted molar refractivity (Wildman–Crippen MR) is 80.8 cm³/mol. The second kappa shape index (κ2) is 5.34. The van der Waals surface area contributed by atoms with Gasteiger partial charge in [-0.1, -0.05) is 16.9 Å². The summed E-state index contributed by atoms with van der Waals surface area (Å²) >= 11 is 1.25. The van der Waals surface area contributed by atoms with Gasteiger partial charge < -0.3 is 0 Å². The molecule has 0 saturated heterocycles.